The average Bonchev–Trinajstić information content (AvgIpc) is 2.78. The molecule has 1 heterocycles. The Morgan fingerprint density at radius 3 is 2.34 bits per heavy atom. The molecule has 0 unspecified atom stereocenters. The lowest BCUT2D eigenvalue weighted by Gasteiger charge is -2.37. The zero-order chi connectivity index (χ0) is 25.3. The topological polar surface area (TPSA) is 105 Å². The summed E-state index contributed by atoms with van der Waals surface area (Å²) in [6.45, 7) is 5.35. The third kappa shape index (κ3) is 4.59. The molecule has 35 heavy (non-hydrogen) atoms. The number of sulfonamides is 1. The number of aryl methyl sites for hydroxylation is 3. The van der Waals surface area contributed by atoms with E-state index in [2.05, 4.69) is 10.6 Å². The molecule has 182 valence electrons. The SMILES string of the molecule is COc1ccccc1NC(=O)C[C@@H]1C(=O)Nc2ccccc2N1S(=O)(=O)c1c(C)cc(C)cc1C. The van der Waals surface area contributed by atoms with Crippen LogP contribution in [0.1, 0.15) is 23.1 Å². The summed E-state index contributed by atoms with van der Waals surface area (Å²) in [4.78, 5) is 26.3. The first-order valence-corrected chi connectivity index (χ1v) is 12.5. The second-order valence-electron chi connectivity index (χ2n) is 8.50. The van der Waals surface area contributed by atoms with Gasteiger partial charge in [0, 0.05) is 0 Å². The predicted octanol–water partition coefficient (Wildman–Crippen LogP) is 4.17. The molecule has 3 aromatic carbocycles. The van der Waals surface area contributed by atoms with Gasteiger partial charge in [-0.25, -0.2) is 8.42 Å². The van der Waals surface area contributed by atoms with Gasteiger partial charge >= 0.3 is 0 Å². The summed E-state index contributed by atoms with van der Waals surface area (Å²) in [5, 5.41) is 5.47. The molecule has 4 rings (SSSR count). The number of para-hydroxylation sites is 4. The van der Waals surface area contributed by atoms with Gasteiger partial charge in [-0.05, 0) is 56.2 Å². The van der Waals surface area contributed by atoms with Gasteiger partial charge in [-0.3, -0.25) is 13.9 Å². The molecule has 0 saturated carbocycles. The van der Waals surface area contributed by atoms with Crippen molar-refractivity contribution in [3.63, 3.8) is 0 Å². The van der Waals surface area contributed by atoms with Crippen LogP contribution in [0.3, 0.4) is 0 Å². The fourth-order valence-electron chi connectivity index (χ4n) is 4.53. The molecule has 1 aliphatic heterocycles. The van der Waals surface area contributed by atoms with E-state index in [0.29, 0.717) is 33.9 Å². The first kappa shape index (κ1) is 24.3. The van der Waals surface area contributed by atoms with E-state index in [4.69, 9.17) is 4.74 Å². The number of hydrogen-bond acceptors (Lipinski definition) is 5. The van der Waals surface area contributed by atoms with Gasteiger partial charge in [-0.1, -0.05) is 42.0 Å². The highest BCUT2D eigenvalue weighted by atomic mass is 32.2. The molecule has 0 fully saturated rings. The second-order valence-corrected chi connectivity index (χ2v) is 10.3. The van der Waals surface area contributed by atoms with Gasteiger partial charge in [0.1, 0.15) is 11.8 Å². The highest BCUT2D eigenvalue weighted by Gasteiger charge is 2.43. The molecule has 1 atom stereocenters. The average molecular weight is 494 g/mol. The van der Waals surface area contributed by atoms with E-state index in [-0.39, 0.29) is 11.3 Å². The summed E-state index contributed by atoms with van der Waals surface area (Å²) in [7, 11) is -2.72. The molecule has 8 nitrogen and oxygen atoms in total. The molecular formula is C26H27N3O5S. The summed E-state index contributed by atoms with van der Waals surface area (Å²) in [5.41, 5.74) is 3.18. The molecule has 0 aromatic heterocycles. The minimum atomic E-state index is -4.20. The van der Waals surface area contributed by atoms with Crippen molar-refractivity contribution >= 4 is 38.9 Å². The highest BCUT2D eigenvalue weighted by molar-refractivity contribution is 7.93. The number of benzene rings is 3. The smallest absolute Gasteiger partial charge is 0.265 e. The van der Waals surface area contributed by atoms with Crippen LogP contribution in [0.2, 0.25) is 0 Å². The van der Waals surface area contributed by atoms with E-state index in [0.717, 1.165) is 9.87 Å². The van der Waals surface area contributed by atoms with Gasteiger partial charge in [0.05, 0.1) is 35.5 Å². The minimum absolute atomic E-state index is 0.128. The van der Waals surface area contributed by atoms with Crippen LogP contribution < -0.4 is 19.7 Å². The number of nitrogens with zero attached hydrogens (tertiary/aromatic N) is 1. The Labute approximate surface area is 205 Å². The molecule has 3 aromatic rings. The number of rotatable bonds is 6. The van der Waals surface area contributed by atoms with E-state index in [1.165, 1.54) is 7.11 Å². The largest absolute Gasteiger partial charge is 0.495 e. The van der Waals surface area contributed by atoms with Crippen molar-refractivity contribution in [2.24, 2.45) is 0 Å². The number of carbonyl (C=O) groups is 2. The van der Waals surface area contributed by atoms with Gasteiger partial charge < -0.3 is 15.4 Å². The fourth-order valence-corrected chi connectivity index (χ4v) is 6.58. The number of nitrogens with one attached hydrogen (secondary N) is 2. The number of fused-ring (bicyclic) bond motifs is 1. The molecule has 0 spiro atoms. The molecule has 0 bridgehead atoms. The van der Waals surface area contributed by atoms with Crippen LogP contribution in [0.15, 0.2) is 65.6 Å². The number of ether oxygens (including phenoxy) is 1. The molecule has 1 aliphatic rings. The maximum absolute atomic E-state index is 14.1. The second kappa shape index (κ2) is 9.42. The molecule has 9 heteroatoms. The zero-order valence-electron chi connectivity index (χ0n) is 20.0. The van der Waals surface area contributed by atoms with Crippen molar-refractivity contribution in [3.8, 4) is 5.75 Å². The zero-order valence-corrected chi connectivity index (χ0v) is 20.8. The highest BCUT2D eigenvalue weighted by Crippen LogP contribution is 2.39. The first-order valence-electron chi connectivity index (χ1n) is 11.1. The molecule has 0 radical (unpaired) electrons. The predicted molar refractivity (Wildman–Crippen MR) is 135 cm³/mol. The Hall–Kier alpha value is -3.85. The lowest BCUT2D eigenvalue weighted by molar-refractivity contribution is -0.122. The first-order chi connectivity index (χ1) is 16.6. The van der Waals surface area contributed by atoms with Gasteiger partial charge in [0.15, 0.2) is 0 Å². The Morgan fingerprint density at radius 2 is 1.66 bits per heavy atom. The summed E-state index contributed by atoms with van der Waals surface area (Å²) in [5.74, 6) is -0.647. The Morgan fingerprint density at radius 1 is 1.03 bits per heavy atom. The van der Waals surface area contributed by atoms with E-state index in [1.54, 1.807) is 74.5 Å². The van der Waals surface area contributed by atoms with Crippen molar-refractivity contribution < 1.29 is 22.7 Å². The van der Waals surface area contributed by atoms with Crippen LogP contribution in [0.4, 0.5) is 17.1 Å². The monoisotopic (exact) mass is 493 g/mol. The Bertz CT molecular complexity index is 1390. The number of methoxy groups -OCH3 is 1. The summed E-state index contributed by atoms with van der Waals surface area (Å²) in [6.07, 6.45) is -0.387. The van der Waals surface area contributed by atoms with Gasteiger partial charge in [0.2, 0.25) is 11.8 Å². The normalized spacial score (nSPS) is 15.3. The van der Waals surface area contributed by atoms with Gasteiger partial charge in [-0.2, -0.15) is 0 Å². The van der Waals surface area contributed by atoms with Crippen LogP contribution in [-0.2, 0) is 19.6 Å². The van der Waals surface area contributed by atoms with E-state index < -0.39 is 27.9 Å². The Kier molecular flexibility index (Phi) is 6.53. The summed E-state index contributed by atoms with van der Waals surface area (Å²) in [6, 6.07) is 15.8. The van der Waals surface area contributed by atoms with E-state index >= 15 is 0 Å². The fraction of sp³-hybridized carbons (Fsp3) is 0.231. The van der Waals surface area contributed by atoms with E-state index in [9.17, 15) is 18.0 Å². The molecule has 0 saturated heterocycles. The van der Waals surface area contributed by atoms with Gasteiger partial charge in [0.25, 0.3) is 10.0 Å². The third-order valence-corrected chi connectivity index (χ3v) is 8.00. The standard InChI is InChI=1S/C26H27N3O5S/c1-16-13-17(2)25(18(3)14-16)35(32,33)29-21-11-7-5-9-19(21)28-26(31)22(29)15-24(30)27-20-10-6-8-12-23(20)34-4/h5-14,22H,15H2,1-4H3,(H,27,30)(H,28,31)/t22-/m1/s1. The van der Waals surface area contributed by atoms with Crippen LogP contribution in [0.25, 0.3) is 0 Å². The molecular weight excluding hydrogens is 466 g/mol. The van der Waals surface area contributed by atoms with Crippen molar-refractivity contribution in [3.05, 3.63) is 77.4 Å². The number of carbonyl (C=O) groups excluding carboxylic acids is 2. The summed E-state index contributed by atoms with van der Waals surface area (Å²) >= 11 is 0. The van der Waals surface area contributed by atoms with Crippen molar-refractivity contribution in [1.82, 2.24) is 0 Å². The number of amides is 2. The van der Waals surface area contributed by atoms with Crippen molar-refractivity contribution in [2.45, 2.75) is 38.1 Å². The third-order valence-electron chi connectivity index (χ3n) is 5.87. The molecule has 2 N–H and O–H groups in total. The number of hydrogen-bond donors (Lipinski definition) is 2. The lowest BCUT2D eigenvalue weighted by Crippen LogP contribution is -2.52. The minimum Gasteiger partial charge on any atom is -0.495 e. The van der Waals surface area contributed by atoms with Crippen molar-refractivity contribution in [1.29, 1.82) is 0 Å². The van der Waals surface area contributed by atoms with Crippen LogP contribution in [0.5, 0.6) is 5.75 Å². The van der Waals surface area contributed by atoms with Gasteiger partial charge in [-0.15, -0.1) is 0 Å². The van der Waals surface area contributed by atoms with Crippen LogP contribution in [-0.4, -0.2) is 33.4 Å². The Balaban J connectivity index is 1.78. The lowest BCUT2D eigenvalue weighted by atomic mass is 10.1. The van der Waals surface area contributed by atoms with Crippen LogP contribution >= 0.6 is 0 Å². The quantitative estimate of drug-likeness (QED) is 0.536. The molecule has 0 aliphatic carbocycles. The molecule has 2 amide bonds. The van der Waals surface area contributed by atoms with E-state index in [1.807, 2.05) is 6.92 Å². The number of anilines is 3. The maximum atomic E-state index is 14.1. The summed E-state index contributed by atoms with van der Waals surface area (Å²) < 4.78 is 34.5. The maximum Gasteiger partial charge on any atom is 0.265 e. The van der Waals surface area contributed by atoms with Crippen molar-refractivity contribution in [2.75, 3.05) is 22.0 Å². The van der Waals surface area contributed by atoms with Crippen LogP contribution in [0, 0.1) is 20.8 Å².